The molecule has 1 aliphatic rings. The molecule has 1 N–H and O–H groups in total. The lowest BCUT2D eigenvalue weighted by Gasteiger charge is -2.29. The number of likely N-dealkylation sites (tertiary alicyclic amines) is 1. The molecule has 5 heteroatoms. The maximum atomic E-state index is 12.5. The molecule has 2 rings (SSSR count). The number of imide groups is 1. The zero-order valence-corrected chi connectivity index (χ0v) is 11.8. The van der Waals surface area contributed by atoms with Crippen LogP contribution in [0.15, 0.2) is 30.3 Å². The summed E-state index contributed by atoms with van der Waals surface area (Å²) in [5.74, 6) is -1.18. The lowest BCUT2D eigenvalue weighted by molar-refractivity contribution is -0.144. The van der Waals surface area contributed by atoms with Crippen LogP contribution in [0.3, 0.4) is 0 Å². The number of amides is 3. The van der Waals surface area contributed by atoms with E-state index in [4.69, 9.17) is 0 Å². The van der Waals surface area contributed by atoms with E-state index in [1.165, 1.54) is 18.7 Å². The standard InChI is InChI=1S/C15H18N2O3/c1-10(18)16-15(3)13(12-7-5-4-6-8-12)9-17(11(2)19)14(15)20/h4-8,13H,9H2,1-3H3,(H,16,18)/t13-,15+/m1/s1. The molecule has 0 aromatic heterocycles. The third-order valence-electron chi connectivity index (χ3n) is 3.77. The average Bonchev–Trinajstić information content (AvgIpc) is 2.63. The Balaban J connectivity index is 2.45. The second kappa shape index (κ2) is 5.07. The molecular weight excluding hydrogens is 256 g/mol. The largest absolute Gasteiger partial charge is 0.342 e. The molecule has 0 spiro atoms. The quantitative estimate of drug-likeness (QED) is 0.876. The first-order valence-corrected chi connectivity index (χ1v) is 6.52. The fourth-order valence-corrected chi connectivity index (χ4v) is 2.78. The fraction of sp³-hybridized carbons (Fsp3) is 0.400. The van der Waals surface area contributed by atoms with Gasteiger partial charge in [0.15, 0.2) is 0 Å². The zero-order valence-electron chi connectivity index (χ0n) is 11.8. The first-order chi connectivity index (χ1) is 9.36. The summed E-state index contributed by atoms with van der Waals surface area (Å²) in [4.78, 5) is 36.7. The van der Waals surface area contributed by atoms with Crippen LogP contribution in [0.5, 0.6) is 0 Å². The highest BCUT2D eigenvalue weighted by Gasteiger charge is 2.53. The smallest absolute Gasteiger partial charge is 0.255 e. The number of carbonyl (C=O) groups is 3. The van der Waals surface area contributed by atoms with Crippen LogP contribution in [-0.4, -0.2) is 34.7 Å². The zero-order chi connectivity index (χ0) is 14.9. The van der Waals surface area contributed by atoms with Gasteiger partial charge in [0.1, 0.15) is 5.54 Å². The molecule has 1 aromatic carbocycles. The molecule has 1 heterocycles. The summed E-state index contributed by atoms with van der Waals surface area (Å²) in [5.41, 5.74) is -0.153. The van der Waals surface area contributed by atoms with Crippen LogP contribution in [0.25, 0.3) is 0 Å². The van der Waals surface area contributed by atoms with Gasteiger partial charge >= 0.3 is 0 Å². The summed E-state index contributed by atoms with van der Waals surface area (Å²) in [6.45, 7) is 4.70. The molecule has 2 atom stereocenters. The summed E-state index contributed by atoms with van der Waals surface area (Å²) in [5, 5.41) is 2.72. The molecule has 0 radical (unpaired) electrons. The van der Waals surface area contributed by atoms with Crippen molar-refractivity contribution in [1.29, 1.82) is 0 Å². The van der Waals surface area contributed by atoms with Gasteiger partial charge in [-0.3, -0.25) is 19.3 Å². The van der Waals surface area contributed by atoms with E-state index < -0.39 is 5.54 Å². The van der Waals surface area contributed by atoms with E-state index in [9.17, 15) is 14.4 Å². The van der Waals surface area contributed by atoms with E-state index in [0.717, 1.165) is 5.56 Å². The van der Waals surface area contributed by atoms with E-state index in [1.54, 1.807) is 6.92 Å². The summed E-state index contributed by atoms with van der Waals surface area (Å²) >= 11 is 0. The van der Waals surface area contributed by atoms with Gasteiger partial charge in [0.2, 0.25) is 11.8 Å². The summed E-state index contributed by atoms with van der Waals surface area (Å²) in [6.07, 6.45) is 0. The van der Waals surface area contributed by atoms with Crippen molar-refractivity contribution in [1.82, 2.24) is 10.2 Å². The normalized spacial score (nSPS) is 25.6. The van der Waals surface area contributed by atoms with Crippen LogP contribution in [0.4, 0.5) is 0 Å². The topological polar surface area (TPSA) is 66.5 Å². The number of hydrogen-bond donors (Lipinski definition) is 1. The van der Waals surface area contributed by atoms with E-state index in [0.29, 0.717) is 0 Å². The van der Waals surface area contributed by atoms with Crippen molar-refractivity contribution in [2.75, 3.05) is 6.54 Å². The van der Waals surface area contributed by atoms with Gasteiger partial charge in [0.05, 0.1) is 0 Å². The Labute approximate surface area is 118 Å². The Morgan fingerprint density at radius 2 is 1.85 bits per heavy atom. The second-order valence-electron chi connectivity index (χ2n) is 5.28. The highest BCUT2D eigenvalue weighted by atomic mass is 16.2. The molecule has 20 heavy (non-hydrogen) atoms. The lowest BCUT2D eigenvalue weighted by atomic mass is 9.83. The van der Waals surface area contributed by atoms with E-state index in [-0.39, 0.29) is 30.2 Å². The summed E-state index contributed by atoms with van der Waals surface area (Å²) < 4.78 is 0. The van der Waals surface area contributed by atoms with Gasteiger partial charge in [0, 0.05) is 26.3 Å². The van der Waals surface area contributed by atoms with Gasteiger partial charge in [-0.05, 0) is 12.5 Å². The molecule has 1 aliphatic heterocycles. The predicted octanol–water partition coefficient (Wildman–Crippen LogP) is 1.05. The third-order valence-corrected chi connectivity index (χ3v) is 3.77. The van der Waals surface area contributed by atoms with Crippen molar-refractivity contribution < 1.29 is 14.4 Å². The van der Waals surface area contributed by atoms with E-state index >= 15 is 0 Å². The van der Waals surface area contributed by atoms with Gasteiger partial charge in [-0.15, -0.1) is 0 Å². The number of rotatable bonds is 2. The minimum atomic E-state index is -1.08. The van der Waals surface area contributed by atoms with E-state index in [2.05, 4.69) is 5.32 Å². The van der Waals surface area contributed by atoms with Crippen molar-refractivity contribution in [2.24, 2.45) is 0 Å². The van der Waals surface area contributed by atoms with Crippen molar-refractivity contribution in [2.45, 2.75) is 32.2 Å². The Morgan fingerprint density at radius 3 is 2.35 bits per heavy atom. The number of benzene rings is 1. The van der Waals surface area contributed by atoms with Crippen LogP contribution in [0.2, 0.25) is 0 Å². The molecule has 0 saturated carbocycles. The van der Waals surface area contributed by atoms with Crippen LogP contribution >= 0.6 is 0 Å². The molecular formula is C15H18N2O3. The van der Waals surface area contributed by atoms with Gasteiger partial charge in [-0.1, -0.05) is 30.3 Å². The Bertz CT molecular complexity index is 555. The minimum absolute atomic E-state index is 0.246. The Hall–Kier alpha value is -2.17. The average molecular weight is 274 g/mol. The maximum Gasteiger partial charge on any atom is 0.255 e. The molecule has 1 fully saturated rings. The molecule has 0 unspecified atom stereocenters. The van der Waals surface area contributed by atoms with Crippen LogP contribution < -0.4 is 5.32 Å². The van der Waals surface area contributed by atoms with Crippen LogP contribution in [0, 0.1) is 0 Å². The summed E-state index contributed by atoms with van der Waals surface area (Å²) in [6, 6.07) is 9.46. The first kappa shape index (κ1) is 14.2. The molecule has 0 bridgehead atoms. The molecule has 1 aromatic rings. The summed E-state index contributed by atoms with van der Waals surface area (Å²) in [7, 11) is 0. The van der Waals surface area contributed by atoms with Crippen molar-refractivity contribution in [3.05, 3.63) is 35.9 Å². The number of hydrogen-bond acceptors (Lipinski definition) is 3. The molecule has 106 valence electrons. The molecule has 3 amide bonds. The highest BCUT2D eigenvalue weighted by molar-refractivity contribution is 6.03. The second-order valence-corrected chi connectivity index (χ2v) is 5.28. The highest BCUT2D eigenvalue weighted by Crippen LogP contribution is 2.36. The predicted molar refractivity (Wildman–Crippen MR) is 73.8 cm³/mol. The van der Waals surface area contributed by atoms with Crippen molar-refractivity contribution in [3.8, 4) is 0 Å². The Kier molecular flexibility index (Phi) is 3.61. The number of carbonyl (C=O) groups excluding carboxylic acids is 3. The van der Waals surface area contributed by atoms with Gasteiger partial charge in [-0.2, -0.15) is 0 Å². The molecule has 5 nitrogen and oxygen atoms in total. The molecule has 1 saturated heterocycles. The fourth-order valence-electron chi connectivity index (χ4n) is 2.78. The Morgan fingerprint density at radius 1 is 1.25 bits per heavy atom. The van der Waals surface area contributed by atoms with Crippen LogP contribution in [-0.2, 0) is 14.4 Å². The van der Waals surface area contributed by atoms with Gasteiger partial charge in [0.25, 0.3) is 5.91 Å². The van der Waals surface area contributed by atoms with Gasteiger partial charge < -0.3 is 5.32 Å². The van der Waals surface area contributed by atoms with Crippen molar-refractivity contribution in [3.63, 3.8) is 0 Å². The maximum absolute atomic E-state index is 12.5. The SMILES string of the molecule is CC(=O)N[C@]1(C)C(=O)N(C(C)=O)C[C@@H]1c1ccccc1. The monoisotopic (exact) mass is 274 g/mol. The minimum Gasteiger partial charge on any atom is -0.342 e. The number of nitrogens with zero attached hydrogens (tertiary/aromatic N) is 1. The third kappa shape index (κ3) is 2.31. The van der Waals surface area contributed by atoms with Crippen molar-refractivity contribution >= 4 is 17.7 Å². The lowest BCUT2D eigenvalue weighted by Crippen LogP contribution is -2.54. The molecule has 0 aliphatic carbocycles. The first-order valence-electron chi connectivity index (χ1n) is 6.52. The number of nitrogens with one attached hydrogen (secondary N) is 1. The van der Waals surface area contributed by atoms with Crippen LogP contribution in [0.1, 0.15) is 32.3 Å². The van der Waals surface area contributed by atoms with Gasteiger partial charge in [-0.25, -0.2) is 0 Å². The van der Waals surface area contributed by atoms with E-state index in [1.807, 2.05) is 30.3 Å².